The number of rotatable bonds is 5. The average molecular weight is 352 g/mol. The number of nitrogens with zero attached hydrogens (tertiary/aromatic N) is 3. The first-order valence-corrected chi connectivity index (χ1v) is 6.48. The molecule has 4 N–H and O–H groups in total. The lowest BCUT2D eigenvalue weighted by atomic mass is 10.2. The highest BCUT2D eigenvalue weighted by atomic mass is 32.1. The average Bonchev–Trinajstić information content (AvgIpc) is 2.49. The molecule has 24 heavy (non-hydrogen) atoms. The van der Waals surface area contributed by atoms with Gasteiger partial charge in [-0.25, -0.2) is 0 Å². The number of aromatic hydroxyl groups is 1. The van der Waals surface area contributed by atoms with Gasteiger partial charge in [0.05, 0.1) is 22.1 Å². The predicted molar refractivity (Wildman–Crippen MR) is 84.9 cm³/mol. The van der Waals surface area contributed by atoms with Crippen molar-refractivity contribution in [3.05, 3.63) is 59.1 Å². The lowest BCUT2D eigenvalue weighted by Gasteiger charge is -2.02. The largest absolute Gasteiger partial charge is 0.494 e. The van der Waals surface area contributed by atoms with Crippen LogP contribution in [0.15, 0.2) is 28.1 Å². The summed E-state index contributed by atoms with van der Waals surface area (Å²) < 4.78 is -0.0892. The van der Waals surface area contributed by atoms with Crippen LogP contribution < -0.4 is 11.0 Å². The Balaban J connectivity index is 2.33. The van der Waals surface area contributed by atoms with E-state index >= 15 is 0 Å². The Morgan fingerprint density at radius 2 is 1.96 bits per heavy atom. The van der Waals surface area contributed by atoms with Crippen LogP contribution in [0.25, 0.3) is 0 Å². The fourth-order valence-corrected chi connectivity index (χ4v) is 1.84. The van der Waals surface area contributed by atoms with Gasteiger partial charge in [0, 0.05) is 6.07 Å². The second kappa shape index (κ2) is 6.66. The molecule has 0 bridgehead atoms. The molecule has 0 unspecified atom stereocenters. The van der Waals surface area contributed by atoms with Crippen LogP contribution in [0.1, 0.15) is 5.56 Å². The molecule has 12 nitrogen and oxygen atoms in total. The molecule has 0 saturated heterocycles. The number of hydrazone groups is 1. The SMILES string of the molecule is O=c1[nH]c(=S)[nH]c(O)c1C=NNc1ccc([N+](=O)[O-])cc1[N+](=O)[O-]. The summed E-state index contributed by atoms with van der Waals surface area (Å²) in [6.07, 6.45) is 0.907. The number of H-pyrrole nitrogens is 2. The Labute approximate surface area is 136 Å². The molecule has 2 aromatic rings. The van der Waals surface area contributed by atoms with Crippen molar-refractivity contribution in [1.82, 2.24) is 9.97 Å². The zero-order valence-corrected chi connectivity index (χ0v) is 12.4. The Morgan fingerprint density at radius 1 is 1.25 bits per heavy atom. The van der Waals surface area contributed by atoms with Crippen molar-refractivity contribution in [2.75, 3.05) is 5.43 Å². The number of aromatic amines is 2. The van der Waals surface area contributed by atoms with E-state index in [9.17, 15) is 30.1 Å². The van der Waals surface area contributed by atoms with E-state index in [2.05, 4.69) is 32.7 Å². The molecule has 124 valence electrons. The Hall–Kier alpha value is -3.61. The quantitative estimate of drug-likeness (QED) is 0.269. The monoisotopic (exact) mass is 352 g/mol. The van der Waals surface area contributed by atoms with Gasteiger partial charge in [0.15, 0.2) is 4.77 Å². The molecule has 0 atom stereocenters. The maximum Gasteiger partial charge on any atom is 0.301 e. The van der Waals surface area contributed by atoms with E-state index in [4.69, 9.17) is 0 Å². The number of benzene rings is 1. The molecule has 13 heteroatoms. The highest BCUT2D eigenvalue weighted by Crippen LogP contribution is 2.28. The third-order valence-corrected chi connectivity index (χ3v) is 2.93. The van der Waals surface area contributed by atoms with Gasteiger partial charge in [0.25, 0.3) is 11.2 Å². The summed E-state index contributed by atoms with van der Waals surface area (Å²) in [5.41, 5.74) is 0.122. The zero-order valence-electron chi connectivity index (χ0n) is 11.5. The first-order valence-electron chi connectivity index (χ1n) is 6.07. The lowest BCUT2D eigenvalue weighted by molar-refractivity contribution is -0.393. The van der Waals surface area contributed by atoms with E-state index in [1.165, 1.54) is 0 Å². The molecule has 0 saturated carbocycles. The normalized spacial score (nSPS) is 10.7. The Kier molecular flexibility index (Phi) is 4.65. The third kappa shape index (κ3) is 3.58. The van der Waals surface area contributed by atoms with Gasteiger partial charge in [0.2, 0.25) is 5.88 Å². The fraction of sp³-hybridized carbons (Fsp3) is 0. The van der Waals surface area contributed by atoms with E-state index in [1.54, 1.807) is 0 Å². The first kappa shape index (κ1) is 16.8. The number of hydrogen-bond acceptors (Lipinski definition) is 9. The minimum Gasteiger partial charge on any atom is -0.494 e. The van der Waals surface area contributed by atoms with Crippen molar-refractivity contribution in [2.45, 2.75) is 0 Å². The number of aromatic nitrogens is 2. The minimum atomic E-state index is -0.825. The number of non-ortho nitro benzene ring substituents is 1. The summed E-state index contributed by atoms with van der Waals surface area (Å²) in [5, 5.41) is 34.8. The van der Waals surface area contributed by atoms with Gasteiger partial charge in [-0.1, -0.05) is 0 Å². The highest BCUT2D eigenvalue weighted by molar-refractivity contribution is 7.71. The van der Waals surface area contributed by atoms with Gasteiger partial charge < -0.3 is 10.1 Å². The van der Waals surface area contributed by atoms with Gasteiger partial charge in [-0.05, 0) is 18.3 Å². The predicted octanol–water partition coefficient (Wildman–Crippen LogP) is 1.40. The molecule has 1 aromatic carbocycles. The first-order chi connectivity index (χ1) is 11.3. The topological polar surface area (TPSA) is 180 Å². The molecule has 0 spiro atoms. The van der Waals surface area contributed by atoms with Crippen molar-refractivity contribution in [1.29, 1.82) is 0 Å². The van der Waals surface area contributed by atoms with E-state index in [0.29, 0.717) is 0 Å². The number of nitro groups is 2. The molecule has 0 fully saturated rings. The molecule has 1 aromatic heterocycles. The van der Waals surface area contributed by atoms with Crippen molar-refractivity contribution in [3.63, 3.8) is 0 Å². The Bertz CT molecular complexity index is 964. The maximum atomic E-state index is 11.6. The standard InChI is InChI=1S/C11H8N6O6S/c18-9-6(10(19)14-11(24)13-9)4-12-15-7-2-1-5(16(20)21)3-8(7)17(22)23/h1-4,15H,(H3,13,14,18,19,24). The smallest absolute Gasteiger partial charge is 0.301 e. The van der Waals surface area contributed by atoms with Gasteiger partial charge >= 0.3 is 5.69 Å². The third-order valence-electron chi connectivity index (χ3n) is 2.73. The van der Waals surface area contributed by atoms with Crippen LogP contribution >= 0.6 is 12.2 Å². The minimum absolute atomic E-state index is 0.0892. The summed E-state index contributed by atoms with van der Waals surface area (Å²) >= 11 is 4.65. The van der Waals surface area contributed by atoms with E-state index in [1.807, 2.05) is 0 Å². The summed E-state index contributed by atoms with van der Waals surface area (Å²) in [4.78, 5) is 36.1. The van der Waals surface area contributed by atoms with Gasteiger partial charge in [-0.2, -0.15) is 5.10 Å². The van der Waals surface area contributed by atoms with E-state index in [0.717, 1.165) is 24.4 Å². The molecule has 0 aliphatic carbocycles. The lowest BCUT2D eigenvalue weighted by Crippen LogP contribution is -2.14. The molecule has 0 aliphatic heterocycles. The van der Waals surface area contributed by atoms with Crippen LogP contribution in [0, 0.1) is 25.0 Å². The summed E-state index contributed by atoms with van der Waals surface area (Å²) in [5.74, 6) is -0.535. The van der Waals surface area contributed by atoms with Gasteiger partial charge in [-0.15, -0.1) is 0 Å². The maximum absolute atomic E-state index is 11.6. The fourth-order valence-electron chi connectivity index (χ4n) is 1.65. The zero-order chi connectivity index (χ0) is 17.9. The number of anilines is 1. The van der Waals surface area contributed by atoms with Crippen molar-refractivity contribution in [2.24, 2.45) is 5.10 Å². The number of nitrogens with one attached hydrogen (secondary N) is 3. The van der Waals surface area contributed by atoms with Gasteiger partial charge in [-0.3, -0.25) is 35.4 Å². The summed E-state index contributed by atoms with van der Waals surface area (Å²) in [6, 6.07) is 2.91. The number of nitro benzene ring substituents is 2. The summed E-state index contributed by atoms with van der Waals surface area (Å²) in [6.45, 7) is 0. The van der Waals surface area contributed by atoms with Crippen LogP contribution in [-0.4, -0.2) is 31.1 Å². The number of hydrogen-bond donors (Lipinski definition) is 4. The molecular formula is C11H8N6O6S. The second-order valence-corrected chi connectivity index (χ2v) is 4.66. The van der Waals surface area contributed by atoms with Crippen LogP contribution in [0.4, 0.5) is 17.1 Å². The van der Waals surface area contributed by atoms with Crippen LogP contribution in [0.5, 0.6) is 5.88 Å². The van der Waals surface area contributed by atoms with E-state index < -0.39 is 32.7 Å². The van der Waals surface area contributed by atoms with E-state index in [-0.39, 0.29) is 16.0 Å². The van der Waals surface area contributed by atoms with Crippen molar-refractivity contribution in [3.8, 4) is 5.88 Å². The van der Waals surface area contributed by atoms with Gasteiger partial charge in [0.1, 0.15) is 11.3 Å². The molecule has 2 rings (SSSR count). The summed E-state index contributed by atoms with van der Waals surface area (Å²) in [7, 11) is 0. The second-order valence-electron chi connectivity index (χ2n) is 4.26. The molecule has 0 amide bonds. The molecule has 0 aliphatic rings. The Morgan fingerprint density at radius 3 is 2.54 bits per heavy atom. The van der Waals surface area contributed by atoms with Crippen LogP contribution in [-0.2, 0) is 0 Å². The molecule has 0 radical (unpaired) electrons. The molecule has 1 heterocycles. The van der Waals surface area contributed by atoms with Crippen molar-refractivity contribution >= 4 is 35.5 Å². The highest BCUT2D eigenvalue weighted by Gasteiger charge is 2.19. The molecular weight excluding hydrogens is 344 g/mol. The van der Waals surface area contributed by atoms with Crippen LogP contribution in [0.3, 0.4) is 0 Å². The van der Waals surface area contributed by atoms with Crippen LogP contribution in [0.2, 0.25) is 0 Å². The van der Waals surface area contributed by atoms with Crippen molar-refractivity contribution < 1.29 is 15.0 Å².